The van der Waals surface area contributed by atoms with E-state index in [1.54, 1.807) is 24.3 Å². The van der Waals surface area contributed by atoms with E-state index in [1.165, 1.54) is 12.0 Å². The highest BCUT2D eigenvalue weighted by Crippen LogP contribution is 2.35. The minimum absolute atomic E-state index is 0.194. The molecule has 190 valence electrons. The number of benzene rings is 3. The Labute approximate surface area is 220 Å². The Balaban J connectivity index is 1.41. The van der Waals surface area contributed by atoms with Crippen LogP contribution in [-0.2, 0) is 16.1 Å². The lowest BCUT2D eigenvalue weighted by Crippen LogP contribution is -2.27. The summed E-state index contributed by atoms with van der Waals surface area (Å²) in [5, 5.41) is 2.51. The van der Waals surface area contributed by atoms with Crippen LogP contribution in [0, 0.1) is 20.8 Å². The largest absolute Gasteiger partial charge is 0.493 e. The van der Waals surface area contributed by atoms with Gasteiger partial charge in [-0.25, -0.2) is 0 Å². The molecule has 1 fully saturated rings. The third-order valence-electron chi connectivity index (χ3n) is 5.93. The second-order valence-electron chi connectivity index (χ2n) is 8.80. The van der Waals surface area contributed by atoms with Crippen molar-refractivity contribution < 1.29 is 23.9 Å². The summed E-state index contributed by atoms with van der Waals surface area (Å²) < 4.78 is 11.1. The number of thioether (sulfide) groups is 1. The van der Waals surface area contributed by atoms with Gasteiger partial charge in [0, 0.05) is 5.69 Å². The van der Waals surface area contributed by atoms with Gasteiger partial charge >= 0.3 is 0 Å². The molecule has 0 unspecified atom stereocenters. The summed E-state index contributed by atoms with van der Waals surface area (Å²) in [7, 11) is 1.50. The average molecular weight is 517 g/mol. The van der Waals surface area contributed by atoms with Gasteiger partial charge in [0.25, 0.3) is 17.1 Å². The number of methoxy groups -OCH3 is 1. The summed E-state index contributed by atoms with van der Waals surface area (Å²) >= 11 is 0.908. The van der Waals surface area contributed by atoms with Gasteiger partial charge in [0.15, 0.2) is 18.1 Å². The number of rotatable bonds is 8. The Kier molecular flexibility index (Phi) is 7.98. The summed E-state index contributed by atoms with van der Waals surface area (Å²) in [6.07, 6.45) is 1.65. The second-order valence-corrected chi connectivity index (χ2v) is 9.80. The Bertz CT molecular complexity index is 1400. The minimum atomic E-state index is -0.334. The van der Waals surface area contributed by atoms with E-state index < -0.39 is 0 Å². The first-order valence-electron chi connectivity index (χ1n) is 11.7. The lowest BCUT2D eigenvalue weighted by Gasteiger charge is -2.13. The number of carbonyl (C=O) groups is 3. The van der Waals surface area contributed by atoms with Crippen LogP contribution in [0.3, 0.4) is 0 Å². The lowest BCUT2D eigenvalue weighted by molar-refractivity contribution is -0.123. The lowest BCUT2D eigenvalue weighted by atomic mass is 10.1. The zero-order valence-electron chi connectivity index (χ0n) is 21.2. The van der Waals surface area contributed by atoms with Gasteiger partial charge in [0.2, 0.25) is 0 Å². The van der Waals surface area contributed by atoms with Gasteiger partial charge < -0.3 is 14.8 Å². The Morgan fingerprint density at radius 2 is 1.78 bits per heavy atom. The smallest absolute Gasteiger partial charge is 0.293 e. The minimum Gasteiger partial charge on any atom is -0.493 e. The number of hydrogen-bond donors (Lipinski definition) is 1. The quantitative estimate of drug-likeness (QED) is 0.377. The molecule has 0 bridgehead atoms. The first-order chi connectivity index (χ1) is 17.7. The fourth-order valence-corrected chi connectivity index (χ4v) is 4.67. The highest BCUT2D eigenvalue weighted by atomic mass is 32.2. The van der Waals surface area contributed by atoms with Gasteiger partial charge in [-0.2, -0.15) is 0 Å². The van der Waals surface area contributed by atoms with Gasteiger partial charge in [0.1, 0.15) is 0 Å². The van der Waals surface area contributed by atoms with Crippen molar-refractivity contribution in [2.75, 3.05) is 19.0 Å². The van der Waals surface area contributed by atoms with E-state index in [0.29, 0.717) is 27.7 Å². The SMILES string of the molecule is COc1cc(/C=C2/SC(=O)N(Cc3cccc(C)c3)C2=O)ccc1OCC(=O)Nc1ccc(C)c(C)c1. The van der Waals surface area contributed by atoms with Crippen LogP contribution in [0.4, 0.5) is 10.5 Å². The molecule has 1 N–H and O–H groups in total. The fourth-order valence-electron chi connectivity index (χ4n) is 3.83. The molecule has 8 heteroatoms. The number of amides is 3. The van der Waals surface area contributed by atoms with Crippen LogP contribution in [-0.4, -0.2) is 35.7 Å². The third-order valence-corrected chi connectivity index (χ3v) is 6.84. The summed E-state index contributed by atoms with van der Waals surface area (Å²) in [4.78, 5) is 39.4. The summed E-state index contributed by atoms with van der Waals surface area (Å²) in [5.41, 5.74) is 5.57. The summed E-state index contributed by atoms with van der Waals surface area (Å²) in [5.74, 6) is 0.171. The maximum Gasteiger partial charge on any atom is 0.293 e. The van der Waals surface area contributed by atoms with Crippen LogP contribution in [0.1, 0.15) is 27.8 Å². The number of nitrogens with one attached hydrogen (secondary N) is 1. The maximum absolute atomic E-state index is 12.9. The van der Waals surface area contributed by atoms with Crippen molar-refractivity contribution in [1.29, 1.82) is 0 Å². The number of nitrogens with zero attached hydrogens (tertiary/aromatic N) is 1. The van der Waals surface area contributed by atoms with Crippen LogP contribution < -0.4 is 14.8 Å². The standard InChI is InChI=1S/C29H28N2O5S/c1-18-6-5-7-22(12-18)16-31-28(33)26(37-29(31)34)15-21-9-11-24(25(14-21)35-4)36-17-27(32)30-23-10-8-19(2)20(3)13-23/h5-15H,16-17H2,1-4H3,(H,30,32)/b26-15+. The van der Waals surface area contributed by atoms with E-state index >= 15 is 0 Å². The first-order valence-corrected chi connectivity index (χ1v) is 12.5. The molecule has 3 amide bonds. The molecule has 3 aromatic carbocycles. The van der Waals surface area contributed by atoms with Crippen LogP contribution in [0.15, 0.2) is 65.6 Å². The summed E-state index contributed by atoms with van der Waals surface area (Å²) in [6.45, 7) is 5.99. The molecule has 0 aromatic heterocycles. The van der Waals surface area contributed by atoms with Gasteiger partial charge in [-0.1, -0.05) is 42.0 Å². The third kappa shape index (κ3) is 6.40. The van der Waals surface area contributed by atoms with E-state index in [1.807, 2.05) is 63.2 Å². The van der Waals surface area contributed by atoms with E-state index in [2.05, 4.69) is 5.32 Å². The highest BCUT2D eigenvalue weighted by molar-refractivity contribution is 8.18. The van der Waals surface area contributed by atoms with Crippen molar-refractivity contribution in [3.63, 3.8) is 0 Å². The molecule has 3 aromatic rings. The molecule has 0 spiro atoms. The van der Waals surface area contributed by atoms with Gasteiger partial charge in [-0.15, -0.1) is 0 Å². The van der Waals surface area contributed by atoms with Crippen molar-refractivity contribution in [1.82, 2.24) is 4.90 Å². The molecule has 7 nitrogen and oxygen atoms in total. The average Bonchev–Trinajstić information content (AvgIpc) is 3.12. The van der Waals surface area contributed by atoms with Gasteiger partial charge in [-0.05, 0) is 85.1 Å². The zero-order chi connectivity index (χ0) is 26.5. The second kappa shape index (κ2) is 11.3. The molecule has 1 aliphatic rings. The molecule has 4 rings (SSSR count). The molecule has 1 saturated heterocycles. The molecule has 0 aliphatic carbocycles. The Hall–Kier alpha value is -4.04. The van der Waals surface area contributed by atoms with Crippen molar-refractivity contribution in [3.8, 4) is 11.5 Å². The molecule has 1 heterocycles. The molecular formula is C29H28N2O5S. The Morgan fingerprint density at radius 3 is 2.51 bits per heavy atom. The normalized spacial score (nSPS) is 14.3. The Morgan fingerprint density at radius 1 is 0.973 bits per heavy atom. The van der Waals surface area contributed by atoms with Gasteiger partial charge in [0.05, 0.1) is 18.6 Å². The predicted molar refractivity (Wildman–Crippen MR) is 146 cm³/mol. The molecule has 37 heavy (non-hydrogen) atoms. The highest BCUT2D eigenvalue weighted by Gasteiger charge is 2.35. The number of aryl methyl sites for hydroxylation is 3. The number of carbonyl (C=O) groups excluding carboxylic acids is 3. The van der Waals surface area contributed by atoms with E-state index in [9.17, 15) is 14.4 Å². The predicted octanol–water partition coefficient (Wildman–Crippen LogP) is 5.87. The van der Waals surface area contributed by atoms with Crippen LogP contribution in [0.2, 0.25) is 0 Å². The number of hydrogen-bond acceptors (Lipinski definition) is 6. The number of ether oxygens (including phenoxy) is 2. The van der Waals surface area contributed by atoms with E-state index in [-0.39, 0.29) is 30.2 Å². The van der Waals surface area contributed by atoms with Crippen molar-refractivity contribution in [2.24, 2.45) is 0 Å². The summed E-state index contributed by atoms with van der Waals surface area (Å²) in [6, 6.07) is 18.5. The number of imide groups is 1. The fraction of sp³-hybridized carbons (Fsp3) is 0.207. The maximum atomic E-state index is 12.9. The van der Waals surface area contributed by atoms with Crippen molar-refractivity contribution in [3.05, 3.63) is 93.4 Å². The van der Waals surface area contributed by atoms with Crippen LogP contribution >= 0.6 is 11.8 Å². The van der Waals surface area contributed by atoms with Crippen molar-refractivity contribution >= 4 is 40.6 Å². The van der Waals surface area contributed by atoms with E-state index in [0.717, 1.165) is 34.0 Å². The topological polar surface area (TPSA) is 84.9 Å². The monoisotopic (exact) mass is 516 g/mol. The molecule has 0 saturated carbocycles. The zero-order valence-corrected chi connectivity index (χ0v) is 22.0. The van der Waals surface area contributed by atoms with Gasteiger partial charge in [-0.3, -0.25) is 19.3 Å². The molecule has 0 atom stereocenters. The molecular weight excluding hydrogens is 488 g/mol. The molecule has 1 aliphatic heterocycles. The van der Waals surface area contributed by atoms with Crippen molar-refractivity contribution in [2.45, 2.75) is 27.3 Å². The van der Waals surface area contributed by atoms with E-state index in [4.69, 9.17) is 9.47 Å². The van der Waals surface area contributed by atoms with Crippen LogP contribution in [0.5, 0.6) is 11.5 Å². The van der Waals surface area contributed by atoms with Crippen LogP contribution in [0.25, 0.3) is 6.08 Å². The number of anilines is 1. The first kappa shape index (κ1) is 26.0. The molecule has 0 radical (unpaired) electrons.